The molecule has 200 valence electrons. The first-order valence-corrected chi connectivity index (χ1v) is 13.1. The van der Waals surface area contributed by atoms with Crippen molar-refractivity contribution >= 4 is 40.0 Å². The fraction of sp³-hybridized carbons (Fsp3) is 0.259. The Balaban J connectivity index is 1.34. The molecule has 0 atom stereocenters. The Labute approximate surface area is 231 Å². The number of pyridine rings is 1. The molecule has 39 heavy (non-hydrogen) atoms. The first-order chi connectivity index (χ1) is 18.8. The van der Waals surface area contributed by atoms with E-state index in [0.717, 1.165) is 28.9 Å². The van der Waals surface area contributed by atoms with Gasteiger partial charge < -0.3 is 5.32 Å². The number of nitrogens with zero attached hydrogens (tertiary/aromatic N) is 7. The minimum Gasteiger partial charge on any atom is -0.329 e. The summed E-state index contributed by atoms with van der Waals surface area (Å²) in [6, 6.07) is 11.8. The molecule has 4 aromatic heterocycles. The van der Waals surface area contributed by atoms with Crippen molar-refractivity contribution in [2.45, 2.75) is 40.3 Å². The minimum atomic E-state index is -0.353. The second kappa shape index (κ2) is 11.0. The highest BCUT2D eigenvalue weighted by molar-refractivity contribution is 7.80. The lowest BCUT2D eigenvalue weighted by atomic mass is 10.1. The van der Waals surface area contributed by atoms with E-state index < -0.39 is 0 Å². The van der Waals surface area contributed by atoms with Crippen LogP contribution < -0.4 is 16.2 Å². The van der Waals surface area contributed by atoms with Crippen molar-refractivity contribution in [2.24, 2.45) is 7.05 Å². The molecule has 0 unspecified atom stereocenters. The summed E-state index contributed by atoms with van der Waals surface area (Å²) in [6.07, 6.45) is 6.18. The van der Waals surface area contributed by atoms with Crippen LogP contribution in [0, 0.1) is 13.8 Å². The summed E-state index contributed by atoms with van der Waals surface area (Å²) in [7, 11) is 1.87. The number of aromatic nitrogens is 7. The molecular formula is C27H30N10OS. The molecule has 5 aromatic rings. The Hall–Kier alpha value is -4.58. The molecule has 0 saturated carbocycles. The van der Waals surface area contributed by atoms with Gasteiger partial charge in [0.2, 0.25) is 0 Å². The van der Waals surface area contributed by atoms with Gasteiger partial charge in [0.25, 0.3) is 5.91 Å². The minimum absolute atomic E-state index is 0.231. The van der Waals surface area contributed by atoms with Gasteiger partial charge in [-0.05, 0) is 44.1 Å². The Morgan fingerprint density at radius 2 is 1.87 bits per heavy atom. The number of nitrogens with one attached hydrogen (secondary N) is 3. The van der Waals surface area contributed by atoms with E-state index in [1.165, 1.54) is 0 Å². The predicted molar refractivity (Wildman–Crippen MR) is 154 cm³/mol. The lowest BCUT2D eigenvalue weighted by Crippen LogP contribution is -2.43. The number of hydrazine groups is 1. The Kier molecular flexibility index (Phi) is 7.37. The van der Waals surface area contributed by atoms with Gasteiger partial charge in [-0.25, -0.2) is 9.67 Å². The average Bonchev–Trinajstić information content (AvgIpc) is 3.60. The largest absolute Gasteiger partial charge is 0.329 e. The maximum atomic E-state index is 13.5. The van der Waals surface area contributed by atoms with E-state index in [-0.39, 0.29) is 11.0 Å². The number of hydrogen-bond acceptors (Lipinski definition) is 6. The van der Waals surface area contributed by atoms with Crippen LogP contribution in [-0.2, 0) is 20.1 Å². The van der Waals surface area contributed by atoms with Gasteiger partial charge in [-0.3, -0.25) is 25.0 Å². The Morgan fingerprint density at radius 1 is 1.08 bits per heavy atom. The van der Waals surface area contributed by atoms with Crippen molar-refractivity contribution in [1.82, 2.24) is 45.2 Å². The second-order valence-electron chi connectivity index (χ2n) is 9.27. The van der Waals surface area contributed by atoms with Crippen molar-refractivity contribution in [2.75, 3.05) is 5.32 Å². The lowest BCUT2D eigenvalue weighted by Gasteiger charge is -2.12. The van der Waals surface area contributed by atoms with Crippen LogP contribution in [-0.4, -0.2) is 45.3 Å². The third-order valence-electron chi connectivity index (χ3n) is 6.44. The van der Waals surface area contributed by atoms with Crippen molar-refractivity contribution in [3.05, 3.63) is 77.5 Å². The zero-order chi connectivity index (χ0) is 27.5. The van der Waals surface area contributed by atoms with Gasteiger partial charge in [0, 0.05) is 31.0 Å². The SMILES string of the molecule is CCCn1nc(C)c2c(C(=O)NNC(=S)Nc3cnn(Cc4ccccc4)c3)cc(-c3cnn(C)c3C)nc21. The molecular weight excluding hydrogens is 512 g/mol. The normalized spacial score (nSPS) is 11.1. The molecule has 0 fully saturated rings. The number of rotatable bonds is 7. The molecule has 5 rings (SSSR count). The fourth-order valence-electron chi connectivity index (χ4n) is 4.42. The van der Waals surface area contributed by atoms with E-state index in [1.807, 2.05) is 66.8 Å². The zero-order valence-corrected chi connectivity index (χ0v) is 23.1. The number of carbonyl (C=O) groups is 1. The fourth-order valence-corrected chi connectivity index (χ4v) is 4.59. The quantitative estimate of drug-likeness (QED) is 0.210. The van der Waals surface area contributed by atoms with Gasteiger partial charge in [0.15, 0.2) is 10.8 Å². The summed E-state index contributed by atoms with van der Waals surface area (Å²) in [5.74, 6) is -0.353. The summed E-state index contributed by atoms with van der Waals surface area (Å²) >= 11 is 5.41. The van der Waals surface area contributed by atoms with E-state index >= 15 is 0 Å². The highest BCUT2D eigenvalue weighted by Crippen LogP contribution is 2.28. The third kappa shape index (κ3) is 5.50. The molecule has 0 aliphatic carbocycles. The van der Waals surface area contributed by atoms with Crippen molar-refractivity contribution in [3.8, 4) is 11.3 Å². The molecule has 0 saturated heterocycles. The number of carbonyl (C=O) groups excluding carboxylic acids is 1. The molecule has 12 heteroatoms. The summed E-state index contributed by atoms with van der Waals surface area (Å²) in [5.41, 5.74) is 11.7. The number of thiocarbonyl (C=S) groups is 1. The number of hydrogen-bond donors (Lipinski definition) is 3. The van der Waals surface area contributed by atoms with Gasteiger partial charge in [0.1, 0.15) is 0 Å². The van der Waals surface area contributed by atoms with Gasteiger partial charge in [-0.2, -0.15) is 15.3 Å². The van der Waals surface area contributed by atoms with E-state index in [1.54, 1.807) is 23.1 Å². The van der Waals surface area contributed by atoms with Crippen LogP contribution in [0.1, 0.15) is 40.7 Å². The maximum absolute atomic E-state index is 13.5. The lowest BCUT2D eigenvalue weighted by molar-refractivity contribution is 0.0945. The molecule has 1 aromatic carbocycles. The van der Waals surface area contributed by atoms with Gasteiger partial charge in [-0.1, -0.05) is 37.3 Å². The number of fused-ring (bicyclic) bond motifs is 1. The van der Waals surface area contributed by atoms with Crippen molar-refractivity contribution in [3.63, 3.8) is 0 Å². The van der Waals surface area contributed by atoms with E-state index in [4.69, 9.17) is 17.2 Å². The number of benzene rings is 1. The molecule has 4 heterocycles. The van der Waals surface area contributed by atoms with Crippen LogP contribution >= 0.6 is 12.2 Å². The van der Waals surface area contributed by atoms with E-state index in [2.05, 4.69) is 38.4 Å². The molecule has 11 nitrogen and oxygen atoms in total. The van der Waals surface area contributed by atoms with Crippen LogP contribution in [0.15, 0.2) is 55.0 Å². The standard InChI is InChI=1S/C27H30N10OS/c1-5-11-37-25-24(17(2)34-37)21(12-23(31-25)22-14-28-35(4)18(22)3)26(38)32-33-27(39)30-20-13-29-36(16-20)15-19-9-7-6-8-10-19/h6-10,12-14,16H,5,11,15H2,1-4H3,(H,32,38)(H2,30,33,39). The van der Waals surface area contributed by atoms with Crippen LogP contribution in [0.3, 0.4) is 0 Å². The van der Waals surface area contributed by atoms with Crippen molar-refractivity contribution < 1.29 is 4.79 Å². The molecule has 0 bridgehead atoms. The van der Waals surface area contributed by atoms with Crippen LogP contribution in [0.5, 0.6) is 0 Å². The molecule has 0 aliphatic heterocycles. The van der Waals surface area contributed by atoms with Gasteiger partial charge in [0.05, 0.1) is 47.0 Å². The highest BCUT2D eigenvalue weighted by atomic mass is 32.1. The topological polar surface area (TPSA) is 120 Å². The first-order valence-electron chi connectivity index (χ1n) is 12.6. The van der Waals surface area contributed by atoms with Crippen LogP contribution in [0.4, 0.5) is 5.69 Å². The molecule has 0 radical (unpaired) electrons. The smallest absolute Gasteiger partial charge is 0.270 e. The van der Waals surface area contributed by atoms with E-state index in [0.29, 0.717) is 41.1 Å². The van der Waals surface area contributed by atoms with Gasteiger partial charge >= 0.3 is 0 Å². The summed E-state index contributed by atoms with van der Waals surface area (Å²) < 4.78 is 5.44. The predicted octanol–water partition coefficient (Wildman–Crippen LogP) is 3.73. The third-order valence-corrected chi connectivity index (χ3v) is 6.64. The number of aryl methyl sites for hydroxylation is 3. The molecule has 1 amide bonds. The van der Waals surface area contributed by atoms with E-state index in [9.17, 15) is 4.79 Å². The Morgan fingerprint density at radius 3 is 2.59 bits per heavy atom. The maximum Gasteiger partial charge on any atom is 0.270 e. The summed E-state index contributed by atoms with van der Waals surface area (Å²) in [5, 5.41) is 17.4. The molecule has 3 N–H and O–H groups in total. The summed E-state index contributed by atoms with van der Waals surface area (Å²) in [4.78, 5) is 18.3. The van der Waals surface area contributed by atoms with Crippen LogP contribution in [0.25, 0.3) is 22.3 Å². The number of anilines is 1. The molecule has 0 aliphatic rings. The molecule has 0 spiro atoms. The van der Waals surface area contributed by atoms with Crippen LogP contribution in [0.2, 0.25) is 0 Å². The zero-order valence-electron chi connectivity index (χ0n) is 22.3. The second-order valence-corrected chi connectivity index (χ2v) is 9.68. The highest BCUT2D eigenvalue weighted by Gasteiger charge is 2.21. The summed E-state index contributed by atoms with van der Waals surface area (Å²) in [6.45, 7) is 7.26. The number of amides is 1. The average molecular weight is 543 g/mol. The first kappa shape index (κ1) is 26.0. The monoisotopic (exact) mass is 542 g/mol. The van der Waals surface area contributed by atoms with Gasteiger partial charge in [-0.15, -0.1) is 0 Å². The van der Waals surface area contributed by atoms with Crippen molar-refractivity contribution in [1.29, 1.82) is 0 Å². The Bertz CT molecular complexity index is 1650.